The molecule has 0 fully saturated rings. The first kappa shape index (κ1) is 13.7. The van der Waals surface area contributed by atoms with Crippen LogP contribution in [0, 0.1) is 0 Å². The van der Waals surface area contributed by atoms with Gasteiger partial charge >= 0.3 is 0 Å². The van der Waals surface area contributed by atoms with Crippen LogP contribution in [0.2, 0.25) is 0 Å². The highest BCUT2D eigenvalue weighted by Gasteiger charge is 2.04. The molecule has 0 radical (unpaired) electrons. The molecule has 0 saturated heterocycles. The van der Waals surface area contributed by atoms with E-state index in [-0.39, 0.29) is 0 Å². The first-order valence-corrected chi connectivity index (χ1v) is 6.88. The molecule has 0 amide bonds. The Morgan fingerprint density at radius 3 is 2.47 bits per heavy atom. The molecule has 2 rings (SSSR count). The van der Waals surface area contributed by atoms with Gasteiger partial charge in [0, 0.05) is 21.8 Å². The zero-order chi connectivity index (χ0) is 13.7. The van der Waals surface area contributed by atoms with Gasteiger partial charge in [-0.3, -0.25) is 0 Å². The van der Waals surface area contributed by atoms with Crippen molar-refractivity contribution >= 4 is 21.6 Å². The Hall–Kier alpha value is -1.68. The van der Waals surface area contributed by atoms with E-state index in [1.165, 1.54) is 0 Å². The van der Waals surface area contributed by atoms with Crippen LogP contribution in [0.1, 0.15) is 12.5 Å². The van der Waals surface area contributed by atoms with Gasteiger partial charge < -0.3 is 15.2 Å². The molecule has 2 aromatic rings. The van der Waals surface area contributed by atoms with Gasteiger partial charge in [-0.25, -0.2) is 0 Å². The third-order valence-corrected chi connectivity index (χ3v) is 3.59. The van der Waals surface area contributed by atoms with Crippen LogP contribution in [0.5, 0.6) is 11.5 Å². The number of anilines is 1. The Kier molecular flexibility index (Phi) is 4.68. The van der Waals surface area contributed by atoms with Gasteiger partial charge in [0.05, 0.1) is 6.61 Å². The van der Waals surface area contributed by atoms with Gasteiger partial charge in [-0.1, -0.05) is 18.2 Å². The lowest BCUT2D eigenvalue weighted by Gasteiger charge is -2.10. The Balaban J connectivity index is 2.06. The normalized spacial score (nSPS) is 10.2. The molecule has 0 aliphatic carbocycles. The quantitative estimate of drug-likeness (QED) is 0.846. The van der Waals surface area contributed by atoms with Gasteiger partial charge in [0.2, 0.25) is 0 Å². The highest BCUT2D eigenvalue weighted by molar-refractivity contribution is 9.10. The van der Waals surface area contributed by atoms with E-state index in [2.05, 4.69) is 15.9 Å². The number of halogens is 1. The van der Waals surface area contributed by atoms with Gasteiger partial charge in [0.1, 0.15) is 18.1 Å². The maximum atomic E-state index is 5.83. The van der Waals surface area contributed by atoms with Crippen LogP contribution in [0.3, 0.4) is 0 Å². The van der Waals surface area contributed by atoms with Gasteiger partial charge in [-0.2, -0.15) is 0 Å². The monoisotopic (exact) mass is 321 g/mol. The number of hydrogen-bond donors (Lipinski definition) is 1. The average Bonchev–Trinajstić information content (AvgIpc) is 2.41. The zero-order valence-electron chi connectivity index (χ0n) is 10.7. The minimum atomic E-state index is 0.460. The van der Waals surface area contributed by atoms with E-state index in [4.69, 9.17) is 15.2 Å². The number of ether oxygens (including phenoxy) is 2. The van der Waals surface area contributed by atoms with E-state index in [1.54, 1.807) is 0 Å². The maximum Gasteiger partial charge on any atom is 0.123 e. The molecule has 100 valence electrons. The van der Waals surface area contributed by atoms with E-state index in [9.17, 15) is 0 Å². The van der Waals surface area contributed by atoms with Crippen LogP contribution < -0.4 is 15.2 Å². The van der Waals surface area contributed by atoms with Crippen molar-refractivity contribution in [3.05, 3.63) is 52.5 Å². The highest BCUT2D eigenvalue weighted by atomic mass is 79.9. The summed E-state index contributed by atoms with van der Waals surface area (Å²) in [6.45, 7) is 3.06. The SMILES string of the molecule is CCOc1cccc(OCc2cccc(N)c2Br)c1. The molecule has 0 aliphatic rings. The fourth-order valence-corrected chi connectivity index (χ4v) is 2.07. The Morgan fingerprint density at radius 2 is 1.74 bits per heavy atom. The number of rotatable bonds is 5. The van der Waals surface area contributed by atoms with Crippen LogP contribution in [0.25, 0.3) is 0 Å². The van der Waals surface area contributed by atoms with Crippen LogP contribution in [0.15, 0.2) is 46.9 Å². The van der Waals surface area contributed by atoms with Crippen LogP contribution in [-0.2, 0) is 6.61 Å². The molecule has 2 N–H and O–H groups in total. The molecule has 0 saturated carbocycles. The maximum absolute atomic E-state index is 5.83. The summed E-state index contributed by atoms with van der Waals surface area (Å²) < 4.78 is 12.1. The standard InChI is InChI=1S/C15H16BrNO2/c1-2-18-12-6-4-7-13(9-12)19-10-11-5-3-8-14(17)15(11)16/h3-9H,2,10,17H2,1H3. The summed E-state index contributed by atoms with van der Waals surface area (Å²) >= 11 is 3.46. The molecule has 0 atom stereocenters. The Morgan fingerprint density at radius 1 is 1.05 bits per heavy atom. The van der Waals surface area contributed by atoms with Crippen molar-refractivity contribution in [1.82, 2.24) is 0 Å². The third kappa shape index (κ3) is 3.64. The molecule has 3 nitrogen and oxygen atoms in total. The minimum Gasteiger partial charge on any atom is -0.494 e. The topological polar surface area (TPSA) is 44.5 Å². The number of nitrogen functional groups attached to an aromatic ring is 1. The van der Waals surface area contributed by atoms with Crippen molar-refractivity contribution in [1.29, 1.82) is 0 Å². The van der Waals surface area contributed by atoms with Crippen LogP contribution >= 0.6 is 15.9 Å². The summed E-state index contributed by atoms with van der Waals surface area (Å²) in [4.78, 5) is 0. The molecule has 19 heavy (non-hydrogen) atoms. The molecular formula is C15H16BrNO2. The summed E-state index contributed by atoms with van der Waals surface area (Å²) in [7, 11) is 0. The van der Waals surface area contributed by atoms with Crippen molar-refractivity contribution in [2.75, 3.05) is 12.3 Å². The molecule has 0 heterocycles. The van der Waals surface area contributed by atoms with Crippen molar-refractivity contribution in [3.8, 4) is 11.5 Å². The first-order chi connectivity index (χ1) is 9.20. The Bertz CT molecular complexity index is 558. The van der Waals surface area contributed by atoms with Gasteiger partial charge in [-0.05, 0) is 41.1 Å². The second-order valence-corrected chi connectivity index (χ2v) is 4.81. The molecule has 0 bridgehead atoms. The number of hydrogen-bond acceptors (Lipinski definition) is 3. The van der Waals surface area contributed by atoms with E-state index in [0.717, 1.165) is 21.5 Å². The minimum absolute atomic E-state index is 0.460. The smallest absolute Gasteiger partial charge is 0.123 e. The largest absolute Gasteiger partial charge is 0.494 e. The highest BCUT2D eigenvalue weighted by Crippen LogP contribution is 2.26. The van der Waals surface area contributed by atoms with Gasteiger partial charge in [-0.15, -0.1) is 0 Å². The predicted molar refractivity (Wildman–Crippen MR) is 80.5 cm³/mol. The summed E-state index contributed by atoms with van der Waals surface area (Å²) in [5, 5.41) is 0. The van der Waals surface area contributed by atoms with Crippen molar-refractivity contribution in [2.45, 2.75) is 13.5 Å². The van der Waals surface area contributed by atoms with E-state index in [1.807, 2.05) is 49.4 Å². The number of benzene rings is 2. The lowest BCUT2D eigenvalue weighted by Crippen LogP contribution is -1.99. The summed E-state index contributed by atoms with van der Waals surface area (Å²) in [5.41, 5.74) is 7.56. The van der Waals surface area contributed by atoms with Crippen molar-refractivity contribution in [3.63, 3.8) is 0 Å². The predicted octanol–water partition coefficient (Wildman–Crippen LogP) is 4.01. The van der Waals surface area contributed by atoms with E-state index < -0.39 is 0 Å². The fourth-order valence-electron chi connectivity index (χ4n) is 1.69. The lowest BCUT2D eigenvalue weighted by atomic mass is 10.2. The molecule has 0 aromatic heterocycles. The molecular weight excluding hydrogens is 306 g/mol. The second kappa shape index (κ2) is 6.48. The molecule has 0 aliphatic heterocycles. The summed E-state index contributed by atoms with van der Waals surface area (Å²) in [6.07, 6.45) is 0. The molecule has 4 heteroatoms. The average molecular weight is 322 g/mol. The van der Waals surface area contributed by atoms with Crippen LogP contribution in [0.4, 0.5) is 5.69 Å². The summed E-state index contributed by atoms with van der Waals surface area (Å²) in [5.74, 6) is 1.59. The van der Waals surface area contributed by atoms with Crippen LogP contribution in [-0.4, -0.2) is 6.61 Å². The van der Waals surface area contributed by atoms with Gasteiger partial charge in [0.15, 0.2) is 0 Å². The van der Waals surface area contributed by atoms with E-state index >= 15 is 0 Å². The third-order valence-electron chi connectivity index (χ3n) is 2.62. The van der Waals surface area contributed by atoms with E-state index in [0.29, 0.717) is 18.9 Å². The molecule has 0 unspecified atom stereocenters. The van der Waals surface area contributed by atoms with Crippen molar-refractivity contribution < 1.29 is 9.47 Å². The summed E-state index contributed by atoms with van der Waals surface area (Å²) in [6, 6.07) is 13.3. The van der Waals surface area contributed by atoms with Gasteiger partial charge in [0.25, 0.3) is 0 Å². The molecule has 2 aromatic carbocycles. The Labute approximate surface area is 121 Å². The zero-order valence-corrected chi connectivity index (χ0v) is 12.3. The fraction of sp³-hybridized carbons (Fsp3) is 0.200. The first-order valence-electron chi connectivity index (χ1n) is 6.09. The lowest BCUT2D eigenvalue weighted by molar-refractivity contribution is 0.299. The number of nitrogens with two attached hydrogens (primary N) is 1. The van der Waals surface area contributed by atoms with Crippen molar-refractivity contribution in [2.24, 2.45) is 0 Å². The molecule has 0 spiro atoms. The second-order valence-electron chi connectivity index (χ2n) is 4.02.